The minimum atomic E-state index is -0.625. The van der Waals surface area contributed by atoms with E-state index in [4.69, 9.17) is 5.11 Å². The molecule has 0 heterocycles. The zero-order chi connectivity index (χ0) is 8.20. The lowest BCUT2D eigenvalue weighted by Crippen LogP contribution is -2.20. The van der Waals surface area contributed by atoms with Crippen LogP contribution in [0.3, 0.4) is 0 Å². The molecule has 3 heteroatoms. The van der Waals surface area contributed by atoms with Crippen molar-refractivity contribution in [2.75, 3.05) is 6.61 Å². The number of carbonyl (C=O) groups excluding carboxylic acids is 2. The second-order valence-electron chi connectivity index (χ2n) is 2.98. The van der Waals surface area contributed by atoms with Crippen molar-refractivity contribution in [2.24, 2.45) is 5.41 Å². The molecular weight excluding hydrogens is 132 g/mol. The largest absolute Gasteiger partial charge is 0.389 e. The number of hydrogen-bond acceptors (Lipinski definition) is 3. The topological polar surface area (TPSA) is 54.4 Å². The second kappa shape index (κ2) is 3.46. The van der Waals surface area contributed by atoms with Crippen molar-refractivity contribution in [3.05, 3.63) is 0 Å². The highest BCUT2D eigenvalue weighted by Crippen LogP contribution is 2.16. The quantitative estimate of drug-likeness (QED) is 0.572. The van der Waals surface area contributed by atoms with Crippen LogP contribution in [0.1, 0.15) is 20.3 Å². The fraction of sp³-hybridized carbons (Fsp3) is 0.714. The maximum atomic E-state index is 10.6. The molecule has 0 aliphatic rings. The molecule has 0 aromatic carbocycles. The van der Waals surface area contributed by atoms with Crippen LogP contribution < -0.4 is 0 Å². The van der Waals surface area contributed by atoms with Gasteiger partial charge in [-0.15, -0.1) is 0 Å². The van der Waals surface area contributed by atoms with E-state index in [9.17, 15) is 9.59 Å². The Morgan fingerprint density at radius 3 is 2.40 bits per heavy atom. The Bertz CT molecular complexity index is 138. The van der Waals surface area contributed by atoms with E-state index in [-0.39, 0.29) is 12.2 Å². The minimum absolute atomic E-state index is 0.118. The average Bonchev–Trinajstić information content (AvgIpc) is 1.87. The van der Waals surface area contributed by atoms with Gasteiger partial charge in [0.2, 0.25) is 0 Å². The number of hydrogen-bond donors (Lipinski definition) is 1. The Hall–Kier alpha value is -0.700. The number of carbonyl (C=O) groups is 2. The zero-order valence-corrected chi connectivity index (χ0v) is 6.26. The monoisotopic (exact) mass is 144 g/mol. The van der Waals surface area contributed by atoms with Gasteiger partial charge in [0.1, 0.15) is 12.9 Å². The summed E-state index contributed by atoms with van der Waals surface area (Å²) in [4.78, 5) is 20.8. The molecule has 0 saturated carbocycles. The molecule has 0 spiro atoms. The smallest absolute Gasteiger partial charge is 0.159 e. The van der Waals surface area contributed by atoms with Crippen molar-refractivity contribution in [1.82, 2.24) is 0 Å². The Kier molecular flexibility index (Phi) is 3.22. The molecule has 0 aromatic rings. The fourth-order valence-corrected chi connectivity index (χ4v) is 0.606. The lowest BCUT2D eigenvalue weighted by Gasteiger charge is -2.13. The Morgan fingerprint density at radius 2 is 2.10 bits per heavy atom. The van der Waals surface area contributed by atoms with E-state index >= 15 is 0 Å². The van der Waals surface area contributed by atoms with Gasteiger partial charge in [0.05, 0.1) is 0 Å². The van der Waals surface area contributed by atoms with E-state index < -0.39 is 12.0 Å². The maximum absolute atomic E-state index is 10.6. The average molecular weight is 144 g/mol. The number of aliphatic hydroxyl groups is 1. The van der Waals surface area contributed by atoms with Crippen LogP contribution >= 0.6 is 0 Å². The van der Waals surface area contributed by atoms with Gasteiger partial charge in [-0.3, -0.25) is 4.79 Å². The predicted molar refractivity (Wildman–Crippen MR) is 36.6 cm³/mol. The summed E-state index contributed by atoms with van der Waals surface area (Å²) < 4.78 is 0. The number of rotatable bonds is 4. The maximum Gasteiger partial charge on any atom is 0.159 e. The van der Waals surface area contributed by atoms with E-state index in [1.165, 1.54) is 0 Å². The van der Waals surface area contributed by atoms with E-state index in [1.54, 1.807) is 13.8 Å². The summed E-state index contributed by atoms with van der Waals surface area (Å²) in [5.74, 6) is -0.294. The lowest BCUT2D eigenvalue weighted by molar-refractivity contribution is -0.127. The molecule has 58 valence electrons. The minimum Gasteiger partial charge on any atom is -0.389 e. The van der Waals surface area contributed by atoms with Crippen LogP contribution in [0.4, 0.5) is 0 Å². The van der Waals surface area contributed by atoms with Crippen LogP contribution in [-0.2, 0) is 9.59 Å². The van der Waals surface area contributed by atoms with Crippen LogP contribution in [0, 0.1) is 5.41 Å². The van der Waals surface area contributed by atoms with E-state index in [2.05, 4.69) is 0 Å². The van der Waals surface area contributed by atoms with Gasteiger partial charge in [0.25, 0.3) is 0 Å². The molecule has 0 amide bonds. The normalized spacial score (nSPS) is 11.1. The molecule has 0 aliphatic carbocycles. The molecule has 0 atom stereocenters. The van der Waals surface area contributed by atoms with E-state index in [0.717, 1.165) is 6.29 Å². The first kappa shape index (κ1) is 9.30. The van der Waals surface area contributed by atoms with E-state index in [1.807, 2.05) is 0 Å². The van der Waals surface area contributed by atoms with Crippen molar-refractivity contribution >= 4 is 12.1 Å². The van der Waals surface area contributed by atoms with Gasteiger partial charge in [-0.25, -0.2) is 0 Å². The molecule has 0 saturated heterocycles. The molecule has 1 N–H and O–H groups in total. The van der Waals surface area contributed by atoms with Gasteiger partial charge in [0.15, 0.2) is 5.78 Å². The Morgan fingerprint density at radius 1 is 1.60 bits per heavy atom. The summed E-state index contributed by atoms with van der Waals surface area (Å²) in [6.45, 7) is 2.85. The summed E-state index contributed by atoms with van der Waals surface area (Å²) in [6, 6.07) is 0. The summed E-state index contributed by atoms with van der Waals surface area (Å²) in [6.07, 6.45) is 0.841. The van der Waals surface area contributed by atoms with Gasteiger partial charge in [0, 0.05) is 11.8 Å². The summed E-state index contributed by atoms with van der Waals surface area (Å²) in [5, 5.41) is 8.33. The molecule has 0 rings (SSSR count). The fourth-order valence-electron chi connectivity index (χ4n) is 0.606. The molecule has 0 aromatic heterocycles. The Labute approximate surface area is 60.0 Å². The number of ketones is 1. The number of Topliss-reactive ketones (excluding diaryl/α,β-unsaturated/α-hetero) is 1. The number of aldehydes is 1. The van der Waals surface area contributed by atoms with Crippen LogP contribution in [-0.4, -0.2) is 23.8 Å². The molecular formula is C7H12O3. The molecule has 0 bridgehead atoms. The van der Waals surface area contributed by atoms with Crippen LogP contribution in [0.15, 0.2) is 0 Å². The highest BCUT2D eigenvalue weighted by molar-refractivity contribution is 5.83. The predicted octanol–water partition coefficient (Wildman–Crippen LogP) is 0.163. The van der Waals surface area contributed by atoms with Gasteiger partial charge < -0.3 is 9.90 Å². The third-order valence-electron chi connectivity index (χ3n) is 1.15. The van der Waals surface area contributed by atoms with Crippen LogP contribution in [0.2, 0.25) is 0 Å². The van der Waals surface area contributed by atoms with Crippen molar-refractivity contribution < 1.29 is 14.7 Å². The Balaban J connectivity index is 3.88. The second-order valence-corrected chi connectivity index (χ2v) is 2.98. The molecule has 0 unspecified atom stereocenters. The summed E-state index contributed by atoms with van der Waals surface area (Å²) in [7, 11) is 0. The lowest BCUT2D eigenvalue weighted by atomic mass is 9.89. The summed E-state index contributed by atoms with van der Waals surface area (Å²) in [5.41, 5.74) is -0.625. The summed E-state index contributed by atoms with van der Waals surface area (Å²) >= 11 is 0. The van der Waals surface area contributed by atoms with E-state index in [0.29, 0.717) is 0 Å². The first-order valence-electron chi connectivity index (χ1n) is 3.11. The molecule has 3 nitrogen and oxygen atoms in total. The first-order chi connectivity index (χ1) is 4.52. The van der Waals surface area contributed by atoms with Crippen molar-refractivity contribution in [3.63, 3.8) is 0 Å². The highest BCUT2D eigenvalue weighted by Gasteiger charge is 2.19. The van der Waals surface area contributed by atoms with Crippen molar-refractivity contribution in [3.8, 4) is 0 Å². The van der Waals surface area contributed by atoms with Crippen molar-refractivity contribution in [2.45, 2.75) is 20.3 Å². The third kappa shape index (κ3) is 3.35. The number of aliphatic hydroxyl groups excluding tert-OH is 1. The molecule has 10 heavy (non-hydrogen) atoms. The standard InChI is InChI=1S/C7H12O3/c1-7(2,5-9)3-6(10)4-8/h5,8H,3-4H2,1-2H3. The SMILES string of the molecule is CC(C)(C=O)CC(=O)CO. The van der Waals surface area contributed by atoms with Gasteiger partial charge >= 0.3 is 0 Å². The zero-order valence-electron chi connectivity index (χ0n) is 6.26. The molecule has 0 fully saturated rings. The van der Waals surface area contributed by atoms with Crippen molar-refractivity contribution in [1.29, 1.82) is 0 Å². The third-order valence-corrected chi connectivity index (χ3v) is 1.15. The van der Waals surface area contributed by atoms with Gasteiger partial charge in [-0.1, -0.05) is 13.8 Å². The van der Waals surface area contributed by atoms with Gasteiger partial charge in [-0.05, 0) is 0 Å². The first-order valence-corrected chi connectivity index (χ1v) is 3.11. The van der Waals surface area contributed by atoms with Crippen LogP contribution in [0.25, 0.3) is 0 Å². The highest BCUT2D eigenvalue weighted by atomic mass is 16.3. The van der Waals surface area contributed by atoms with Crippen LogP contribution in [0.5, 0.6) is 0 Å². The molecule has 0 radical (unpaired) electrons. The molecule has 0 aliphatic heterocycles. The van der Waals surface area contributed by atoms with Gasteiger partial charge in [-0.2, -0.15) is 0 Å².